The van der Waals surface area contributed by atoms with Gasteiger partial charge in [0.1, 0.15) is 0 Å². The Kier molecular flexibility index (Phi) is 2.51. The minimum Gasteiger partial charge on any atom is -0.379 e. The number of hydrogen-bond acceptors (Lipinski definition) is 2. The molecule has 0 bridgehead atoms. The van der Waals surface area contributed by atoms with Gasteiger partial charge in [-0.3, -0.25) is 4.90 Å². The van der Waals surface area contributed by atoms with E-state index in [4.69, 9.17) is 11.6 Å². The van der Waals surface area contributed by atoms with Crippen molar-refractivity contribution in [1.29, 1.82) is 0 Å². The highest BCUT2D eigenvalue weighted by atomic mass is 16.5. The van der Waals surface area contributed by atoms with Gasteiger partial charge >= 0.3 is 0 Å². The Bertz CT molecular complexity index is 604. The number of benzene rings is 1. The van der Waals surface area contributed by atoms with E-state index in [0.29, 0.717) is 37.4 Å². The maximum Gasteiger partial charge on any atom is 0.0626 e. The van der Waals surface area contributed by atoms with Crippen molar-refractivity contribution >= 4 is 0 Å². The molecule has 1 heterocycles. The van der Waals surface area contributed by atoms with E-state index in [1.807, 2.05) is 20.8 Å². The highest BCUT2D eigenvalue weighted by Gasteiger charge is 2.21. The van der Waals surface area contributed by atoms with Crippen LogP contribution in [0.15, 0.2) is 18.1 Å². The fourth-order valence-electron chi connectivity index (χ4n) is 2.35. The molecular weight excluding hydrogens is 222 g/mol. The van der Waals surface area contributed by atoms with E-state index in [9.17, 15) is 0 Å². The second-order valence-electron chi connectivity index (χ2n) is 5.71. The van der Waals surface area contributed by atoms with E-state index in [-0.39, 0.29) is 23.7 Å². The lowest BCUT2D eigenvalue weighted by Crippen LogP contribution is -2.36. The highest BCUT2D eigenvalue weighted by molar-refractivity contribution is 5.39. The van der Waals surface area contributed by atoms with Crippen molar-refractivity contribution in [2.24, 2.45) is 0 Å². The molecule has 1 fully saturated rings. The van der Waals surface area contributed by atoms with Crippen LogP contribution in [0.25, 0.3) is 0 Å². The topological polar surface area (TPSA) is 12.5 Å². The van der Waals surface area contributed by atoms with Gasteiger partial charge in [0.05, 0.1) is 17.3 Å². The van der Waals surface area contributed by atoms with Crippen LogP contribution in [0.5, 0.6) is 0 Å². The molecule has 0 N–H and O–H groups in total. The van der Waals surface area contributed by atoms with Crippen molar-refractivity contribution in [3.8, 4) is 0 Å². The van der Waals surface area contributed by atoms with Crippen molar-refractivity contribution in [3.63, 3.8) is 0 Å². The first-order chi connectivity index (χ1) is 10.5. The molecule has 0 radical (unpaired) electrons. The van der Waals surface area contributed by atoms with Crippen LogP contribution in [0.3, 0.4) is 0 Å². The number of ether oxygens (including phenoxy) is 1. The van der Waals surface area contributed by atoms with Crippen molar-refractivity contribution in [3.05, 3.63) is 34.8 Å². The first-order valence-electron chi connectivity index (χ1n) is 8.93. The van der Waals surface area contributed by atoms with Crippen molar-refractivity contribution in [2.45, 2.75) is 39.6 Å². The molecule has 2 nitrogen and oxygen atoms in total. The number of hydrogen-bond donors (Lipinski definition) is 0. The summed E-state index contributed by atoms with van der Waals surface area (Å²) in [5, 5.41) is 0. The molecule has 1 aromatic rings. The number of rotatable bonds is 2. The first kappa shape index (κ1) is 8.34. The van der Waals surface area contributed by atoms with Crippen LogP contribution >= 0.6 is 0 Å². The van der Waals surface area contributed by atoms with E-state index in [1.165, 1.54) is 0 Å². The molecule has 100 valence electrons. The summed E-state index contributed by atoms with van der Waals surface area (Å²) in [5.74, 6) is 0. The molecule has 1 saturated heterocycles. The quantitative estimate of drug-likeness (QED) is 0.802. The van der Waals surface area contributed by atoms with Gasteiger partial charge in [0.2, 0.25) is 0 Å². The van der Waals surface area contributed by atoms with Gasteiger partial charge in [-0.05, 0) is 29.0 Å². The van der Waals surface area contributed by atoms with E-state index >= 15 is 0 Å². The molecule has 0 unspecified atom stereocenters. The predicted molar refractivity (Wildman–Crippen MR) is 76.0 cm³/mol. The summed E-state index contributed by atoms with van der Waals surface area (Å²) in [6.07, 6.45) is 0. The smallest absolute Gasteiger partial charge is 0.0626 e. The van der Waals surface area contributed by atoms with Crippen molar-refractivity contribution < 1.29 is 11.6 Å². The third-order valence-corrected chi connectivity index (χ3v) is 3.09. The standard InChI is InChI=1S/C16H25NO/c1-13-6-5-7-14(15(13)16(2,3)4)12-17-8-10-18-11-9-17/h5-7H,8-12H2,1-4H3/i5D,6D,7D,12D2. The van der Waals surface area contributed by atoms with Gasteiger partial charge in [-0.1, -0.05) is 38.9 Å². The fourth-order valence-corrected chi connectivity index (χ4v) is 2.35. The lowest BCUT2D eigenvalue weighted by Gasteiger charge is -2.31. The fraction of sp³-hybridized carbons (Fsp3) is 0.625. The Labute approximate surface area is 118 Å². The SMILES string of the molecule is [2H]c1c([2H])c(C)c(C(C)(C)C)c(C([2H])([2H])N2CCOCC2)c1[2H]. The lowest BCUT2D eigenvalue weighted by atomic mass is 9.81. The molecule has 0 saturated carbocycles. The Morgan fingerprint density at radius 2 is 2.00 bits per heavy atom. The van der Waals surface area contributed by atoms with Crippen molar-refractivity contribution in [2.75, 3.05) is 26.3 Å². The Morgan fingerprint density at radius 1 is 1.33 bits per heavy atom. The minimum absolute atomic E-state index is 0.0152. The number of nitrogens with zero attached hydrogens (tertiary/aromatic N) is 1. The summed E-state index contributed by atoms with van der Waals surface area (Å²) in [7, 11) is 0. The van der Waals surface area contributed by atoms with E-state index in [0.717, 1.165) is 0 Å². The molecule has 18 heavy (non-hydrogen) atoms. The van der Waals surface area contributed by atoms with Gasteiger partial charge in [0.15, 0.2) is 0 Å². The van der Waals surface area contributed by atoms with E-state index in [2.05, 4.69) is 0 Å². The molecule has 0 aromatic heterocycles. The Balaban J connectivity index is 2.74. The summed E-state index contributed by atoms with van der Waals surface area (Å²) in [6, 6.07) is -0.369. The molecule has 1 aromatic carbocycles. The molecule has 2 heteroatoms. The normalized spacial score (nSPS) is 22.8. The Hall–Kier alpha value is -0.860. The molecule has 0 spiro atoms. The summed E-state index contributed by atoms with van der Waals surface area (Å²) in [5.41, 5.74) is 1.06. The van der Waals surface area contributed by atoms with Gasteiger partial charge < -0.3 is 4.74 Å². The third-order valence-electron chi connectivity index (χ3n) is 3.09. The minimum atomic E-state index is -1.86. The van der Waals surface area contributed by atoms with Gasteiger partial charge in [-0.15, -0.1) is 0 Å². The van der Waals surface area contributed by atoms with Crippen LogP contribution in [-0.2, 0) is 16.6 Å². The van der Waals surface area contributed by atoms with Crippen LogP contribution in [0.2, 0.25) is 0 Å². The van der Waals surface area contributed by atoms with E-state index in [1.54, 1.807) is 11.8 Å². The summed E-state index contributed by atoms with van der Waals surface area (Å²) >= 11 is 0. The first-order valence-corrected chi connectivity index (χ1v) is 6.43. The van der Waals surface area contributed by atoms with Crippen LogP contribution < -0.4 is 0 Å². The largest absolute Gasteiger partial charge is 0.379 e. The van der Waals surface area contributed by atoms with E-state index < -0.39 is 11.9 Å². The predicted octanol–water partition coefficient (Wildman–Crippen LogP) is 3.12. The average molecular weight is 252 g/mol. The zero-order valence-electron chi connectivity index (χ0n) is 16.7. The molecular formula is C16H25NO. The highest BCUT2D eigenvalue weighted by Crippen LogP contribution is 2.29. The summed E-state index contributed by atoms with van der Waals surface area (Å²) < 4.78 is 47.1. The molecule has 0 atom stereocenters. The zero-order valence-corrected chi connectivity index (χ0v) is 11.7. The molecule has 1 aliphatic heterocycles. The zero-order chi connectivity index (χ0) is 17.6. The second-order valence-corrected chi connectivity index (χ2v) is 5.71. The molecule has 2 rings (SSSR count). The van der Waals surface area contributed by atoms with Gasteiger partial charge in [0, 0.05) is 22.3 Å². The number of morpholine rings is 1. The Morgan fingerprint density at radius 3 is 2.61 bits per heavy atom. The second kappa shape index (κ2) is 5.41. The monoisotopic (exact) mass is 252 g/mol. The maximum absolute atomic E-state index is 8.66. The van der Waals surface area contributed by atoms with Crippen LogP contribution in [-0.4, -0.2) is 31.2 Å². The lowest BCUT2D eigenvalue weighted by molar-refractivity contribution is 0.0340. The molecule has 0 amide bonds. The average Bonchev–Trinajstić information content (AvgIpc) is 2.48. The van der Waals surface area contributed by atoms with Gasteiger partial charge in [-0.2, -0.15) is 0 Å². The molecule has 0 aliphatic carbocycles. The summed E-state index contributed by atoms with van der Waals surface area (Å²) in [4.78, 5) is 1.67. The van der Waals surface area contributed by atoms with Crippen molar-refractivity contribution in [1.82, 2.24) is 4.90 Å². The third kappa shape index (κ3) is 3.12. The van der Waals surface area contributed by atoms with Gasteiger partial charge in [0.25, 0.3) is 0 Å². The van der Waals surface area contributed by atoms with Crippen LogP contribution in [0.4, 0.5) is 0 Å². The maximum atomic E-state index is 8.66. The van der Waals surface area contributed by atoms with Gasteiger partial charge in [-0.25, -0.2) is 0 Å². The van der Waals surface area contributed by atoms with Crippen LogP contribution in [0, 0.1) is 6.92 Å². The molecule has 1 aliphatic rings. The summed E-state index contributed by atoms with van der Waals surface area (Å²) in [6.45, 7) is 7.57. The van der Waals surface area contributed by atoms with Crippen LogP contribution in [0.1, 0.15) is 44.3 Å².